The number of ether oxygens (including phenoxy) is 1. The van der Waals surface area contributed by atoms with Crippen molar-refractivity contribution in [2.24, 2.45) is 11.7 Å². The first kappa shape index (κ1) is 11.4. The minimum absolute atomic E-state index is 0.142. The summed E-state index contributed by atoms with van der Waals surface area (Å²) < 4.78 is 4.82. The molecule has 0 unspecified atom stereocenters. The number of amidine groups is 1. The van der Waals surface area contributed by atoms with Gasteiger partial charge in [-0.05, 0) is 0 Å². The van der Waals surface area contributed by atoms with Gasteiger partial charge in [-0.2, -0.15) is 0 Å². The molecule has 0 aromatic heterocycles. The zero-order valence-corrected chi connectivity index (χ0v) is 8.45. The monoisotopic (exact) mass is 214 g/mol. The molecule has 3 amide bonds. The van der Waals surface area contributed by atoms with Crippen molar-refractivity contribution in [1.29, 1.82) is 5.41 Å². The molecule has 7 nitrogen and oxygen atoms in total. The number of hydrogen-bond acceptors (Lipinski definition) is 4. The first-order valence-electron chi connectivity index (χ1n) is 4.49. The second kappa shape index (κ2) is 4.74. The highest BCUT2D eigenvalue weighted by Crippen LogP contribution is 2.07. The zero-order valence-electron chi connectivity index (χ0n) is 8.45. The second-order valence-corrected chi connectivity index (χ2v) is 3.24. The Labute approximate surface area is 87.1 Å². The van der Waals surface area contributed by atoms with E-state index in [4.69, 9.17) is 15.9 Å². The van der Waals surface area contributed by atoms with Crippen molar-refractivity contribution in [2.75, 3.05) is 26.8 Å². The van der Waals surface area contributed by atoms with Crippen molar-refractivity contribution in [2.45, 2.75) is 0 Å². The standard InChI is InChI=1S/C8H14N4O3/c1-15-3-2-12-4-5(6(9)10)7(13)11-8(12)14/h5H,2-4H2,1H3,(H3,9,10)(H,11,13,14)/t5-/m1/s1. The van der Waals surface area contributed by atoms with E-state index >= 15 is 0 Å². The number of carbonyl (C=O) groups is 2. The summed E-state index contributed by atoms with van der Waals surface area (Å²) in [4.78, 5) is 24.0. The van der Waals surface area contributed by atoms with Crippen LogP contribution in [0.3, 0.4) is 0 Å². The molecular weight excluding hydrogens is 200 g/mol. The van der Waals surface area contributed by atoms with E-state index in [1.807, 2.05) is 0 Å². The molecule has 4 N–H and O–H groups in total. The molecule has 1 saturated heterocycles. The molecule has 0 aromatic carbocycles. The third-order valence-electron chi connectivity index (χ3n) is 2.18. The second-order valence-electron chi connectivity index (χ2n) is 3.24. The Morgan fingerprint density at radius 2 is 2.40 bits per heavy atom. The third kappa shape index (κ3) is 2.66. The highest BCUT2D eigenvalue weighted by atomic mass is 16.5. The predicted molar refractivity (Wildman–Crippen MR) is 52.4 cm³/mol. The van der Waals surface area contributed by atoms with E-state index in [1.165, 1.54) is 12.0 Å². The lowest BCUT2D eigenvalue weighted by Gasteiger charge is -2.31. The number of imide groups is 1. The lowest BCUT2D eigenvalue weighted by Crippen LogP contribution is -2.58. The normalized spacial score (nSPS) is 21.4. The Kier molecular flexibility index (Phi) is 3.62. The van der Waals surface area contributed by atoms with Crippen LogP contribution < -0.4 is 11.1 Å². The maximum absolute atomic E-state index is 11.3. The van der Waals surface area contributed by atoms with Crippen LogP contribution >= 0.6 is 0 Å². The fraction of sp³-hybridized carbons (Fsp3) is 0.625. The SMILES string of the molecule is COCCN1C[C@H](C(=N)N)C(=O)NC1=O. The highest BCUT2D eigenvalue weighted by molar-refractivity contribution is 6.08. The molecule has 1 aliphatic heterocycles. The minimum Gasteiger partial charge on any atom is -0.387 e. The van der Waals surface area contributed by atoms with Crippen LogP contribution in [0.1, 0.15) is 0 Å². The van der Waals surface area contributed by atoms with E-state index in [0.717, 1.165) is 0 Å². The van der Waals surface area contributed by atoms with Crippen LogP contribution in [0, 0.1) is 11.3 Å². The van der Waals surface area contributed by atoms with Crippen molar-refractivity contribution >= 4 is 17.8 Å². The molecule has 1 rings (SSSR count). The lowest BCUT2D eigenvalue weighted by atomic mass is 10.1. The number of nitrogens with one attached hydrogen (secondary N) is 2. The van der Waals surface area contributed by atoms with Crippen molar-refractivity contribution in [3.05, 3.63) is 0 Å². The number of urea groups is 1. The van der Waals surface area contributed by atoms with Crippen LogP contribution in [-0.4, -0.2) is 49.5 Å². The van der Waals surface area contributed by atoms with Gasteiger partial charge in [0.1, 0.15) is 11.8 Å². The number of nitrogens with zero attached hydrogens (tertiary/aromatic N) is 1. The predicted octanol–water partition coefficient (Wildman–Crippen LogP) is -1.26. The molecule has 15 heavy (non-hydrogen) atoms. The summed E-state index contributed by atoms with van der Waals surface area (Å²) in [7, 11) is 1.52. The summed E-state index contributed by atoms with van der Waals surface area (Å²) in [5, 5.41) is 9.34. The van der Waals surface area contributed by atoms with E-state index in [2.05, 4.69) is 5.32 Å². The number of rotatable bonds is 4. The van der Waals surface area contributed by atoms with Crippen LogP contribution in [0.15, 0.2) is 0 Å². The third-order valence-corrected chi connectivity index (χ3v) is 2.18. The van der Waals surface area contributed by atoms with E-state index in [9.17, 15) is 9.59 Å². The molecule has 0 saturated carbocycles. The summed E-state index contributed by atoms with van der Waals surface area (Å²) in [6.45, 7) is 0.898. The highest BCUT2D eigenvalue weighted by Gasteiger charge is 2.33. The summed E-state index contributed by atoms with van der Waals surface area (Å²) in [5.74, 6) is -1.50. The first-order valence-corrected chi connectivity index (χ1v) is 4.49. The van der Waals surface area contributed by atoms with Gasteiger partial charge >= 0.3 is 6.03 Å². The molecule has 1 fully saturated rings. The maximum atomic E-state index is 11.3. The Bertz CT molecular complexity index is 292. The van der Waals surface area contributed by atoms with Gasteiger partial charge in [-0.25, -0.2) is 4.79 Å². The molecule has 0 spiro atoms. The molecule has 1 atom stereocenters. The largest absolute Gasteiger partial charge is 0.387 e. The molecule has 84 valence electrons. The van der Waals surface area contributed by atoms with Gasteiger partial charge in [0, 0.05) is 20.2 Å². The smallest absolute Gasteiger partial charge is 0.324 e. The molecule has 1 aliphatic rings. The van der Waals surface area contributed by atoms with Gasteiger partial charge in [0.25, 0.3) is 0 Å². The Morgan fingerprint density at radius 1 is 1.73 bits per heavy atom. The maximum Gasteiger partial charge on any atom is 0.324 e. The summed E-state index contributed by atoms with van der Waals surface area (Å²) in [5.41, 5.74) is 5.25. The van der Waals surface area contributed by atoms with E-state index in [-0.39, 0.29) is 12.4 Å². The van der Waals surface area contributed by atoms with Gasteiger partial charge in [-0.1, -0.05) is 0 Å². The van der Waals surface area contributed by atoms with E-state index in [0.29, 0.717) is 13.2 Å². The van der Waals surface area contributed by atoms with Gasteiger partial charge in [0.05, 0.1) is 6.61 Å². The van der Waals surface area contributed by atoms with Crippen molar-refractivity contribution in [1.82, 2.24) is 10.2 Å². The average Bonchev–Trinajstić information content (AvgIpc) is 2.16. The number of carbonyl (C=O) groups excluding carboxylic acids is 2. The van der Waals surface area contributed by atoms with Crippen LogP contribution in [0.5, 0.6) is 0 Å². The minimum atomic E-state index is -0.750. The van der Waals surface area contributed by atoms with Gasteiger partial charge < -0.3 is 15.4 Å². The van der Waals surface area contributed by atoms with Gasteiger partial charge in [0.2, 0.25) is 5.91 Å². The van der Waals surface area contributed by atoms with Gasteiger partial charge in [0.15, 0.2) is 0 Å². The topological polar surface area (TPSA) is 109 Å². The van der Waals surface area contributed by atoms with Crippen LogP contribution in [0.25, 0.3) is 0 Å². The summed E-state index contributed by atoms with van der Waals surface area (Å²) in [6, 6.07) is -0.463. The molecule has 0 aliphatic carbocycles. The number of methoxy groups -OCH3 is 1. The number of hydrogen-bond donors (Lipinski definition) is 3. The van der Waals surface area contributed by atoms with Gasteiger partial charge in [-0.15, -0.1) is 0 Å². The molecular formula is C8H14N4O3. The number of nitrogens with two attached hydrogens (primary N) is 1. The van der Waals surface area contributed by atoms with Crippen LogP contribution in [-0.2, 0) is 9.53 Å². The van der Waals surface area contributed by atoms with E-state index < -0.39 is 17.9 Å². The molecule has 7 heteroatoms. The lowest BCUT2D eigenvalue weighted by molar-refractivity contribution is -0.123. The Balaban J connectivity index is 2.62. The van der Waals surface area contributed by atoms with Gasteiger partial charge in [-0.3, -0.25) is 15.5 Å². The van der Waals surface area contributed by atoms with Crippen molar-refractivity contribution in [3.8, 4) is 0 Å². The first-order chi connectivity index (χ1) is 7.06. The summed E-state index contributed by atoms with van der Waals surface area (Å²) >= 11 is 0. The quantitative estimate of drug-likeness (QED) is 0.400. The molecule has 0 aromatic rings. The van der Waals surface area contributed by atoms with Crippen molar-refractivity contribution < 1.29 is 14.3 Å². The Hall–Kier alpha value is -1.63. The molecule has 0 bridgehead atoms. The van der Waals surface area contributed by atoms with E-state index in [1.54, 1.807) is 0 Å². The fourth-order valence-corrected chi connectivity index (χ4v) is 1.29. The average molecular weight is 214 g/mol. The molecule has 1 heterocycles. The molecule has 0 radical (unpaired) electrons. The number of amides is 3. The zero-order chi connectivity index (χ0) is 11.4. The van der Waals surface area contributed by atoms with Crippen LogP contribution in [0.2, 0.25) is 0 Å². The summed E-state index contributed by atoms with van der Waals surface area (Å²) in [6.07, 6.45) is 0. The van der Waals surface area contributed by atoms with Crippen LogP contribution in [0.4, 0.5) is 4.79 Å². The fourth-order valence-electron chi connectivity index (χ4n) is 1.29. The Morgan fingerprint density at radius 3 is 2.93 bits per heavy atom. The van der Waals surface area contributed by atoms with Crippen molar-refractivity contribution in [3.63, 3.8) is 0 Å².